The van der Waals surface area contributed by atoms with Gasteiger partial charge in [0.15, 0.2) is 11.5 Å². The Kier molecular flexibility index (Phi) is 5.59. The number of ether oxygens (including phenoxy) is 4. The Morgan fingerprint density at radius 1 is 1.13 bits per heavy atom. The van der Waals surface area contributed by atoms with Gasteiger partial charge in [0.25, 0.3) is 0 Å². The summed E-state index contributed by atoms with van der Waals surface area (Å²) in [5.74, 6) is 0.146. The van der Waals surface area contributed by atoms with Crippen molar-refractivity contribution in [3.63, 3.8) is 0 Å². The minimum atomic E-state index is -1.02. The van der Waals surface area contributed by atoms with Gasteiger partial charge in [0, 0.05) is 0 Å². The number of carbonyl (C=O) groups excluding carboxylic acids is 1. The number of esters is 1. The van der Waals surface area contributed by atoms with Gasteiger partial charge in [0.05, 0.1) is 36.7 Å². The van der Waals surface area contributed by atoms with Crippen molar-refractivity contribution in [1.82, 2.24) is 0 Å². The molecule has 0 saturated carbocycles. The van der Waals surface area contributed by atoms with E-state index < -0.39 is 23.6 Å². The molecule has 4 rings (SSSR count). The van der Waals surface area contributed by atoms with Crippen LogP contribution in [0.25, 0.3) is 11.0 Å². The normalized spacial score (nSPS) is 17.3. The molecule has 0 spiro atoms. The van der Waals surface area contributed by atoms with Crippen LogP contribution in [-0.2, 0) is 9.53 Å². The molecule has 2 heterocycles. The quantitative estimate of drug-likeness (QED) is 0.436. The molecule has 0 N–H and O–H groups in total. The van der Waals surface area contributed by atoms with E-state index in [0.29, 0.717) is 33.8 Å². The SMILES string of the molecule is CCOC(=O)C1Oc2c(c(=O)oc3ccccc23)C1c1ccc(OC)c(OC(C)C)c1. The number of methoxy groups -OCH3 is 1. The summed E-state index contributed by atoms with van der Waals surface area (Å²) >= 11 is 0. The Balaban J connectivity index is 1.92. The van der Waals surface area contributed by atoms with E-state index in [-0.39, 0.29) is 18.3 Å². The third-order valence-corrected chi connectivity index (χ3v) is 5.09. The summed E-state index contributed by atoms with van der Waals surface area (Å²) < 4.78 is 28.1. The van der Waals surface area contributed by atoms with Crippen LogP contribution >= 0.6 is 0 Å². The van der Waals surface area contributed by atoms with Gasteiger partial charge in [0.2, 0.25) is 6.10 Å². The van der Waals surface area contributed by atoms with E-state index >= 15 is 0 Å². The number of fused-ring (bicyclic) bond motifs is 3. The minimum Gasteiger partial charge on any atom is -0.493 e. The van der Waals surface area contributed by atoms with Gasteiger partial charge in [-0.1, -0.05) is 18.2 Å². The second kappa shape index (κ2) is 8.34. The molecule has 0 aliphatic carbocycles. The first-order chi connectivity index (χ1) is 14.9. The molecule has 7 heteroatoms. The summed E-state index contributed by atoms with van der Waals surface area (Å²) in [5, 5.41) is 0.626. The molecule has 162 valence electrons. The fraction of sp³-hybridized carbons (Fsp3) is 0.333. The molecule has 3 aromatic rings. The van der Waals surface area contributed by atoms with Crippen molar-refractivity contribution in [2.24, 2.45) is 0 Å². The van der Waals surface area contributed by atoms with Crippen LogP contribution in [0.3, 0.4) is 0 Å². The Bertz CT molecular complexity index is 1180. The van der Waals surface area contributed by atoms with Crippen molar-refractivity contribution in [1.29, 1.82) is 0 Å². The summed E-state index contributed by atoms with van der Waals surface area (Å²) in [6, 6.07) is 12.4. The average molecular weight is 424 g/mol. The molecule has 0 saturated heterocycles. The summed E-state index contributed by atoms with van der Waals surface area (Å²) in [4.78, 5) is 25.8. The van der Waals surface area contributed by atoms with Gasteiger partial charge in [-0.25, -0.2) is 9.59 Å². The van der Waals surface area contributed by atoms with Crippen molar-refractivity contribution in [3.05, 3.63) is 64.0 Å². The van der Waals surface area contributed by atoms with Gasteiger partial charge < -0.3 is 23.4 Å². The highest BCUT2D eigenvalue weighted by molar-refractivity contribution is 5.88. The lowest BCUT2D eigenvalue weighted by Gasteiger charge is -2.20. The molecule has 1 aliphatic rings. The van der Waals surface area contributed by atoms with Crippen LogP contribution in [0.2, 0.25) is 0 Å². The van der Waals surface area contributed by atoms with Gasteiger partial charge in [-0.15, -0.1) is 0 Å². The topological polar surface area (TPSA) is 84.2 Å². The summed E-state index contributed by atoms with van der Waals surface area (Å²) in [5.41, 5.74) is 0.800. The highest BCUT2D eigenvalue weighted by Crippen LogP contribution is 2.46. The highest BCUT2D eigenvalue weighted by Gasteiger charge is 2.45. The molecule has 1 aliphatic heterocycles. The van der Waals surface area contributed by atoms with E-state index in [1.807, 2.05) is 19.9 Å². The zero-order valence-electron chi connectivity index (χ0n) is 17.8. The van der Waals surface area contributed by atoms with E-state index in [4.69, 9.17) is 23.4 Å². The second-order valence-corrected chi connectivity index (χ2v) is 7.47. The van der Waals surface area contributed by atoms with Crippen LogP contribution < -0.4 is 19.8 Å². The average Bonchev–Trinajstić information content (AvgIpc) is 3.15. The standard InChI is InChI=1S/C24H24O7/c1-5-28-24(26)22-19(14-10-11-17(27-4)18(12-14)29-13(2)3)20-21(31-22)15-8-6-7-9-16(15)30-23(20)25/h6-13,19,22H,5H2,1-4H3. The Morgan fingerprint density at radius 2 is 1.90 bits per heavy atom. The van der Waals surface area contributed by atoms with E-state index in [1.54, 1.807) is 50.4 Å². The lowest BCUT2D eigenvalue weighted by Crippen LogP contribution is -2.32. The van der Waals surface area contributed by atoms with Crippen LogP contribution in [-0.4, -0.2) is 31.9 Å². The molecule has 7 nitrogen and oxygen atoms in total. The number of hydrogen-bond acceptors (Lipinski definition) is 7. The Labute approximate surface area is 179 Å². The van der Waals surface area contributed by atoms with E-state index in [2.05, 4.69) is 0 Å². The van der Waals surface area contributed by atoms with Gasteiger partial charge in [-0.3, -0.25) is 0 Å². The first-order valence-corrected chi connectivity index (χ1v) is 10.2. The zero-order chi connectivity index (χ0) is 22.1. The van der Waals surface area contributed by atoms with Gasteiger partial charge in [-0.2, -0.15) is 0 Å². The number of para-hydroxylation sites is 1. The molecule has 1 aromatic heterocycles. The first-order valence-electron chi connectivity index (χ1n) is 10.2. The van der Waals surface area contributed by atoms with Crippen LogP contribution in [0.15, 0.2) is 51.7 Å². The van der Waals surface area contributed by atoms with Crippen molar-refractivity contribution < 1.29 is 28.2 Å². The molecular weight excluding hydrogens is 400 g/mol. The minimum absolute atomic E-state index is 0.0915. The van der Waals surface area contributed by atoms with Crippen molar-refractivity contribution >= 4 is 16.9 Å². The Morgan fingerprint density at radius 3 is 2.61 bits per heavy atom. The van der Waals surface area contributed by atoms with E-state index in [9.17, 15) is 9.59 Å². The fourth-order valence-corrected chi connectivity index (χ4v) is 3.86. The molecule has 0 radical (unpaired) electrons. The monoisotopic (exact) mass is 424 g/mol. The maximum Gasteiger partial charge on any atom is 0.348 e. The summed E-state index contributed by atoms with van der Waals surface area (Å²) in [6.07, 6.45) is -1.12. The zero-order valence-corrected chi connectivity index (χ0v) is 17.8. The van der Waals surface area contributed by atoms with Crippen LogP contribution in [0.5, 0.6) is 17.2 Å². The predicted molar refractivity (Wildman–Crippen MR) is 114 cm³/mol. The third-order valence-electron chi connectivity index (χ3n) is 5.09. The van der Waals surface area contributed by atoms with Crippen LogP contribution in [0.1, 0.15) is 37.8 Å². The number of rotatable bonds is 6. The first kappa shape index (κ1) is 20.8. The highest BCUT2D eigenvalue weighted by atomic mass is 16.6. The fourth-order valence-electron chi connectivity index (χ4n) is 3.86. The van der Waals surface area contributed by atoms with Crippen molar-refractivity contribution in [2.45, 2.75) is 38.9 Å². The molecule has 2 unspecified atom stereocenters. The maximum absolute atomic E-state index is 13.0. The molecule has 0 fully saturated rings. The summed E-state index contributed by atoms with van der Waals surface area (Å²) in [6.45, 7) is 5.73. The third kappa shape index (κ3) is 3.71. The molecular formula is C24H24O7. The molecule has 31 heavy (non-hydrogen) atoms. The van der Waals surface area contributed by atoms with Crippen molar-refractivity contribution in [3.8, 4) is 17.2 Å². The number of carbonyl (C=O) groups is 1. The van der Waals surface area contributed by atoms with E-state index in [1.165, 1.54) is 0 Å². The lowest BCUT2D eigenvalue weighted by atomic mass is 9.88. The largest absolute Gasteiger partial charge is 0.493 e. The Hall–Kier alpha value is -3.48. The van der Waals surface area contributed by atoms with E-state index in [0.717, 1.165) is 0 Å². The smallest absolute Gasteiger partial charge is 0.348 e. The predicted octanol–water partition coefficient (Wildman–Crippen LogP) is 4.04. The van der Waals surface area contributed by atoms with Crippen LogP contribution in [0.4, 0.5) is 0 Å². The molecule has 2 atom stereocenters. The molecule has 0 amide bonds. The molecule has 2 aromatic carbocycles. The van der Waals surface area contributed by atoms with Gasteiger partial charge >= 0.3 is 11.6 Å². The van der Waals surface area contributed by atoms with Crippen molar-refractivity contribution in [2.75, 3.05) is 13.7 Å². The van der Waals surface area contributed by atoms with Gasteiger partial charge in [-0.05, 0) is 50.6 Å². The van der Waals surface area contributed by atoms with Crippen LogP contribution in [0, 0.1) is 0 Å². The number of benzene rings is 2. The molecule has 0 bridgehead atoms. The maximum atomic E-state index is 13.0. The van der Waals surface area contributed by atoms with Gasteiger partial charge in [0.1, 0.15) is 11.3 Å². The lowest BCUT2D eigenvalue weighted by molar-refractivity contribution is -0.151. The number of hydrogen-bond donors (Lipinski definition) is 0. The summed E-state index contributed by atoms with van der Waals surface area (Å²) in [7, 11) is 1.55. The second-order valence-electron chi connectivity index (χ2n) is 7.47.